The van der Waals surface area contributed by atoms with E-state index >= 15 is 0 Å². The van der Waals surface area contributed by atoms with Crippen molar-refractivity contribution in [3.63, 3.8) is 0 Å². The minimum atomic E-state index is 0.345. The molecule has 2 aliphatic rings. The Kier molecular flexibility index (Phi) is 5.49. The Bertz CT molecular complexity index is 303. The standard InChI is InChI=1S/C17H35N3/c1-6-10-18-14(2)17(3,4)13-20-11-9-15-7-8-16(12-20)19(15)5/h14-16,18H,6-13H2,1-5H3. The monoisotopic (exact) mass is 281 g/mol. The molecule has 3 heteroatoms. The summed E-state index contributed by atoms with van der Waals surface area (Å²) in [6.45, 7) is 14.4. The highest BCUT2D eigenvalue weighted by Gasteiger charge is 2.36. The van der Waals surface area contributed by atoms with Crippen LogP contribution in [0.3, 0.4) is 0 Å². The van der Waals surface area contributed by atoms with Crippen molar-refractivity contribution in [1.29, 1.82) is 0 Å². The molecule has 2 heterocycles. The molecule has 3 nitrogen and oxygen atoms in total. The Balaban J connectivity index is 1.88. The van der Waals surface area contributed by atoms with Crippen LogP contribution in [-0.4, -0.2) is 61.2 Å². The van der Waals surface area contributed by atoms with E-state index in [1.165, 1.54) is 45.3 Å². The third kappa shape index (κ3) is 3.75. The van der Waals surface area contributed by atoms with E-state index in [-0.39, 0.29) is 0 Å². The van der Waals surface area contributed by atoms with E-state index in [1.807, 2.05) is 0 Å². The summed E-state index contributed by atoms with van der Waals surface area (Å²) in [5, 5.41) is 3.68. The summed E-state index contributed by atoms with van der Waals surface area (Å²) in [5.41, 5.74) is 0.345. The minimum Gasteiger partial charge on any atom is -0.314 e. The summed E-state index contributed by atoms with van der Waals surface area (Å²) in [6.07, 6.45) is 5.41. The highest BCUT2D eigenvalue weighted by Crippen LogP contribution is 2.30. The summed E-state index contributed by atoms with van der Waals surface area (Å²) in [6, 6.07) is 2.24. The van der Waals surface area contributed by atoms with Gasteiger partial charge < -0.3 is 10.2 Å². The Morgan fingerprint density at radius 2 is 1.90 bits per heavy atom. The predicted molar refractivity (Wildman–Crippen MR) is 87.2 cm³/mol. The molecule has 1 N–H and O–H groups in total. The fourth-order valence-electron chi connectivity index (χ4n) is 3.87. The number of hydrogen-bond donors (Lipinski definition) is 1. The zero-order valence-electron chi connectivity index (χ0n) is 14.3. The van der Waals surface area contributed by atoms with Crippen LogP contribution < -0.4 is 5.32 Å². The van der Waals surface area contributed by atoms with Gasteiger partial charge in [0.05, 0.1) is 0 Å². The van der Waals surface area contributed by atoms with E-state index in [9.17, 15) is 0 Å². The van der Waals surface area contributed by atoms with Crippen molar-refractivity contribution in [3.05, 3.63) is 0 Å². The first-order valence-electron chi connectivity index (χ1n) is 8.61. The first kappa shape index (κ1) is 16.3. The van der Waals surface area contributed by atoms with Crippen LogP contribution in [0.25, 0.3) is 0 Å². The highest BCUT2D eigenvalue weighted by molar-refractivity contribution is 4.93. The molecule has 2 aliphatic heterocycles. The van der Waals surface area contributed by atoms with Crippen LogP contribution in [0, 0.1) is 5.41 Å². The molecule has 118 valence electrons. The molecule has 0 aliphatic carbocycles. The molecule has 3 unspecified atom stereocenters. The Morgan fingerprint density at radius 3 is 2.60 bits per heavy atom. The normalized spacial score (nSPS) is 30.4. The average molecular weight is 281 g/mol. The van der Waals surface area contributed by atoms with Gasteiger partial charge in [-0.3, -0.25) is 4.90 Å². The van der Waals surface area contributed by atoms with Crippen molar-refractivity contribution < 1.29 is 0 Å². The fraction of sp³-hybridized carbons (Fsp3) is 1.00. The van der Waals surface area contributed by atoms with Crippen molar-refractivity contribution in [2.75, 3.05) is 33.2 Å². The molecular weight excluding hydrogens is 246 g/mol. The smallest absolute Gasteiger partial charge is 0.0223 e. The SMILES string of the molecule is CCCNC(C)C(C)(C)CN1CCC2CCC(C1)N2C. The second kappa shape index (κ2) is 6.76. The van der Waals surface area contributed by atoms with E-state index < -0.39 is 0 Å². The van der Waals surface area contributed by atoms with Gasteiger partial charge in [-0.15, -0.1) is 0 Å². The van der Waals surface area contributed by atoms with E-state index in [0.29, 0.717) is 11.5 Å². The minimum absolute atomic E-state index is 0.345. The van der Waals surface area contributed by atoms with E-state index in [1.54, 1.807) is 0 Å². The molecule has 0 aromatic rings. The molecule has 2 rings (SSSR count). The second-order valence-electron chi connectivity index (χ2n) is 7.74. The summed E-state index contributed by atoms with van der Waals surface area (Å²) < 4.78 is 0. The van der Waals surface area contributed by atoms with Gasteiger partial charge >= 0.3 is 0 Å². The third-order valence-corrected chi connectivity index (χ3v) is 5.74. The topological polar surface area (TPSA) is 18.5 Å². The van der Waals surface area contributed by atoms with Crippen LogP contribution in [0.1, 0.15) is 53.4 Å². The van der Waals surface area contributed by atoms with Gasteiger partial charge in [-0.25, -0.2) is 0 Å². The second-order valence-corrected chi connectivity index (χ2v) is 7.74. The number of hydrogen-bond acceptors (Lipinski definition) is 3. The van der Waals surface area contributed by atoms with Crippen molar-refractivity contribution in [1.82, 2.24) is 15.1 Å². The molecule has 2 bridgehead atoms. The molecule has 0 radical (unpaired) electrons. The number of nitrogens with one attached hydrogen (secondary N) is 1. The van der Waals surface area contributed by atoms with E-state index in [4.69, 9.17) is 0 Å². The Hall–Kier alpha value is -0.120. The summed E-state index contributed by atoms with van der Waals surface area (Å²) in [4.78, 5) is 5.37. The van der Waals surface area contributed by atoms with Gasteiger partial charge in [-0.1, -0.05) is 20.8 Å². The fourth-order valence-corrected chi connectivity index (χ4v) is 3.87. The van der Waals surface area contributed by atoms with Gasteiger partial charge in [0.15, 0.2) is 0 Å². The first-order chi connectivity index (χ1) is 9.44. The van der Waals surface area contributed by atoms with Crippen LogP contribution >= 0.6 is 0 Å². The zero-order valence-corrected chi connectivity index (χ0v) is 14.3. The van der Waals surface area contributed by atoms with Gasteiger partial charge in [0, 0.05) is 31.2 Å². The first-order valence-corrected chi connectivity index (χ1v) is 8.61. The molecule has 0 aromatic carbocycles. The average Bonchev–Trinajstić information content (AvgIpc) is 2.64. The molecule has 0 aromatic heterocycles. The maximum Gasteiger partial charge on any atom is 0.0223 e. The van der Waals surface area contributed by atoms with Crippen molar-refractivity contribution in [2.45, 2.75) is 71.5 Å². The van der Waals surface area contributed by atoms with Gasteiger partial charge in [-0.05, 0) is 58.2 Å². The van der Waals surface area contributed by atoms with E-state index in [2.05, 4.69) is 49.9 Å². The number of rotatable bonds is 6. The summed E-state index contributed by atoms with van der Waals surface area (Å²) in [7, 11) is 2.34. The molecule has 20 heavy (non-hydrogen) atoms. The Labute approximate surface area is 126 Å². The molecule has 2 fully saturated rings. The van der Waals surface area contributed by atoms with Crippen molar-refractivity contribution in [2.24, 2.45) is 5.41 Å². The number of nitrogens with zero attached hydrogens (tertiary/aromatic N) is 2. The summed E-state index contributed by atoms with van der Waals surface area (Å²) >= 11 is 0. The molecule has 0 amide bonds. The van der Waals surface area contributed by atoms with Crippen molar-refractivity contribution in [3.8, 4) is 0 Å². The van der Waals surface area contributed by atoms with Gasteiger partial charge in [0.1, 0.15) is 0 Å². The molecule has 0 spiro atoms. The van der Waals surface area contributed by atoms with Gasteiger partial charge in [0.2, 0.25) is 0 Å². The molecular formula is C17H35N3. The molecule has 3 atom stereocenters. The maximum absolute atomic E-state index is 3.68. The number of fused-ring (bicyclic) bond motifs is 2. The van der Waals surface area contributed by atoms with Gasteiger partial charge in [-0.2, -0.15) is 0 Å². The maximum atomic E-state index is 3.68. The third-order valence-electron chi connectivity index (χ3n) is 5.74. The van der Waals surface area contributed by atoms with Crippen LogP contribution in [0.4, 0.5) is 0 Å². The lowest BCUT2D eigenvalue weighted by Crippen LogP contribution is -2.48. The van der Waals surface area contributed by atoms with E-state index in [0.717, 1.165) is 18.6 Å². The van der Waals surface area contributed by atoms with Crippen LogP contribution in [0.2, 0.25) is 0 Å². The lowest BCUT2D eigenvalue weighted by molar-refractivity contribution is 0.132. The van der Waals surface area contributed by atoms with Gasteiger partial charge in [0.25, 0.3) is 0 Å². The zero-order chi connectivity index (χ0) is 14.8. The largest absolute Gasteiger partial charge is 0.314 e. The Morgan fingerprint density at radius 1 is 1.20 bits per heavy atom. The lowest BCUT2D eigenvalue weighted by Gasteiger charge is -2.38. The van der Waals surface area contributed by atoms with Crippen LogP contribution in [0.5, 0.6) is 0 Å². The number of likely N-dealkylation sites (tertiary alicyclic amines) is 1. The number of likely N-dealkylation sites (N-methyl/N-ethyl adjacent to an activating group) is 1. The molecule has 0 saturated carbocycles. The predicted octanol–water partition coefficient (Wildman–Crippen LogP) is 2.57. The summed E-state index contributed by atoms with van der Waals surface area (Å²) in [5.74, 6) is 0. The van der Waals surface area contributed by atoms with Crippen LogP contribution in [-0.2, 0) is 0 Å². The van der Waals surface area contributed by atoms with Crippen LogP contribution in [0.15, 0.2) is 0 Å². The van der Waals surface area contributed by atoms with Crippen molar-refractivity contribution >= 4 is 0 Å². The lowest BCUT2D eigenvalue weighted by atomic mass is 9.84. The molecule has 2 saturated heterocycles. The quantitative estimate of drug-likeness (QED) is 0.807. The highest BCUT2D eigenvalue weighted by atomic mass is 15.3.